The summed E-state index contributed by atoms with van der Waals surface area (Å²) in [5.41, 5.74) is 0.958. The summed E-state index contributed by atoms with van der Waals surface area (Å²) in [6.07, 6.45) is 0.372. The maximum atomic E-state index is 12.0. The number of likely N-dealkylation sites (N-methyl/N-ethyl adjacent to an activating group) is 1. The molecule has 0 N–H and O–H groups in total. The first-order chi connectivity index (χ1) is 7.49. The van der Waals surface area contributed by atoms with Crippen LogP contribution in [0.1, 0.15) is 11.7 Å². The second-order valence-electron chi connectivity index (χ2n) is 4.86. The zero-order valence-corrected chi connectivity index (χ0v) is 10.9. The van der Waals surface area contributed by atoms with Crippen LogP contribution >= 0.6 is 0 Å². The summed E-state index contributed by atoms with van der Waals surface area (Å²) in [5, 5.41) is 0. The van der Waals surface area contributed by atoms with Crippen molar-refractivity contribution < 1.29 is 9.22 Å². The van der Waals surface area contributed by atoms with E-state index in [4.69, 9.17) is 4.43 Å². The van der Waals surface area contributed by atoms with Crippen molar-refractivity contribution in [2.75, 3.05) is 13.2 Å². The molecule has 1 aromatic carbocycles. The summed E-state index contributed by atoms with van der Waals surface area (Å²) < 4.78 is 5.99. The van der Waals surface area contributed by atoms with E-state index in [-0.39, 0.29) is 5.91 Å². The Bertz CT molecular complexity index is 391. The highest BCUT2D eigenvalue weighted by Crippen LogP contribution is 2.28. The Morgan fingerprint density at radius 1 is 1.31 bits per heavy atom. The first-order valence-corrected chi connectivity index (χ1v) is 8.59. The average molecular weight is 235 g/mol. The molecule has 3 nitrogen and oxygen atoms in total. The van der Waals surface area contributed by atoms with Crippen molar-refractivity contribution in [1.29, 1.82) is 0 Å². The summed E-state index contributed by atoms with van der Waals surface area (Å²) in [7, 11) is 0.121. The lowest BCUT2D eigenvalue weighted by Crippen LogP contribution is -2.54. The van der Waals surface area contributed by atoms with Gasteiger partial charge in [-0.15, -0.1) is 0 Å². The van der Waals surface area contributed by atoms with E-state index in [1.807, 2.05) is 37.4 Å². The van der Waals surface area contributed by atoms with E-state index in [2.05, 4.69) is 13.1 Å². The van der Waals surface area contributed by atoms with Gasteiger partial charge in [0, 0.05) is 13.2 Å². The van der Waals surface area contributed by atoms with Crippen molar-refractivity contribution in [2.45, 2.75) is 19.2 Å². The number of amides is 1. The number of nitrogens with zero attached hydrogens (tertiary/aromatic N) is 1. The average Bonchev–Trinajstić information content (AvgIpc) is 2.24. The highest BCUT2D eigenvalue weighted by Gasteiger charge is 2.40. The molecular formula is C12H17NO2Si. The van der Waals surface area contributed by atoms with E-state index in [0.717, 1.165) is 11.7 Å². The minimum Gasteiger partial charge on any atom is -0.400 e. The van der Waals surface area contributed by atoms with Gasteiger partial charge >= 0.3 is 0 Å². The minimum absolute atomic E-state index is 0.0676. The third kappa shape index (κ3) is 2.17. The number of carbonyl (C=O) groups excluding carboxylic acids is 1. The van der Waals surface area contributed by atoms with Crippen LogP contribution in [0, 0.1) is 0 Å². The Balaban J connectivity index is 2.30. The van der Waals surface area contributed by atoms with Crippen molar-refractivity contribution >= 4 is 14.2 Å². The van der Waals surface area contributed by atoms with Gasteiger partial charge < -0.3 is 9.33 Å². The summed E-state index contributed by atoms with van der Waals surface area (Å²) in [6.45, 7) is 4.29. The molecule has 1 aromatic rings. The molecular weight excluding hydrogens is 218 g/mol. The molecule has 16 heavy (non-hydrogen) atoms. The number of rotatable bonds is 1. The van der Waals surface area contributed by atoms with E-state index in [1.54, 1.807) is 4.90 Å². The Labute approximate surface area is 97.2 Å². The largest absolute Gasteiger partial charge is 0.400 e. The molecule has 1 amide bonds. The van der Waals surface area contributed by atoms with Crippen molar-refractivity contribution in [3.8, 4) is 0 Å². The molecule has 1 fully saturated rings. The predicted octanol–water partition coefficient (Wildman–Crippen LogP) is 1.96. The normalized spacial score (nSPS) is 24.6. The molecule has 1 heterocycles. The molecule has 1 aliphatic heterocycles. The maximum Gasteiger partial charge on any atom is 0.254 e. The van der Waals surface area contributed by atoms with Crippen LogP contribution < -0.4 is 0 Å². The van der Waals surface area contributed by atoms with E-state index in [1.165, 1.54) is 0 Å². The zero-order valence-electron chi connectivity index (χ0n) is 9.93. The van der Waals surface area contributed by atoms with Crippen molar-refractivity contribution in [3.05, 3.63) is 35.9 Å². The molecule has 0 aliphatic carbocycles. The second-order valence-corrected chi connectivity index (χ2v) is 8.93. The number of hydrogen-bond acceptors (Lipinski definition) is 2. The fourth-order valence-corrected chi connectivity index (χ4v) is 4.34. The molecule has 2 rings (SSSR count). The Kier molecular flexibility index (Phi) is 2.86. The summed E-state index contributed by atoms with van der Waals surface area (Å²) in [6, 6.07) is 9.73. The van der Waals surface area contributed by atoms with Gasteiger partial charge in [0.1, 0.15) is 0 Å². The van der Waals surface area contributed by atoms with Crippen LogP contribution in [0.15, 0.2) is 30.3 Å². The van der Waals surface area contributed by atoms with Crippen LogP contribution in [0.25, 0.3) is 0 Å². The topological polar surface area (TPSA) is 29.5 Å². The van der Waals surface area contributed by atoms with E-state index < -0.39 is 14.4 Å². The zero-order chi connectivity index (χ0) is 11.8. The lowest BCUT2D eigenvalue weighted by Gasteiger charge is -2.39. The van der Waals surface area contributed by atoms with Gasteiger partial charge in [-0.3, -0.25) is 4.79 Å². The molecule has 86 valence electrons. The molecule has 4 heteroatoms. The van der Waals surface area contributed by atoms with Gasteiger partial charge in [0.15, 0.2) is 6.10 Å². The second kappa shape index (κ2) is 4.03. The maximum absolute atomic E-state index is 12.0. The van der Waals surface area contributed by atoms with Gasteiger partial charge in [0.25, 0.3) is 5.91 Å². The Morgan fingerprint density at radius 3 is 2.56 bits per heavy atom. The van der Waals surface area contributed by atoms with Gasteiger partial charge in [0.2, 0.25) is 8.32 Å². The van der Waals surface area contributed by atoms with Crippen LogP contribution in [0.5, 0.6) is 0 Å². The van der Waals surface area contributed by atoms with E-state index >= 15 is 0 Å². The van der Waals surface area contributed by atoms with E-state index in [9.17, 15) is 4.79 Å². The first-order valence-electron chi connectivity index (χ1n) is 5.47. The standard InChI is InChI=1S/C12H17NO2Si/c1-13-9-16(2,3)15-11(12(13)14)10-7-5-4-6-8-10/h4-8,11H,9H2,1-3H3. The molecule has 1 unspecified atom stereocenters. The first kappa shape index (κ1) is 11.4. The van der Waals surface area contributed by atoms with Crippen LogP contribution in [-0.4, -0.2) is 32.3 Å². The predicted molar refractivity (Wildman–Crippen MR) is 65.4 cm³/mol. The van der Waals surface area contributed by atoms with E-state index in [0.29, 0.717) is 0 Å². The lowest BCUT2D eigenvalue weighted by molar-refractivity contribution is -0.140. The molecule has 0 aromatic heterocycles. The van der Waals surface area contributed by atoms with Gasteiger partial charge in [-0.2, -0.15) is 0 Å². The fourth-order valence-electron chi connectivity index (χ4n) is 2.09. The highest BCUT2D eigenvalue weighted by molar-refractivity contribution is 6.72. The van der Waals surface area contributed by atoms with Gasteiger partial charge in [-0.1, -0.05) is 30.3 Å². The van der Waals surface area contributed by atoms with Gasteiger partial charge in [-0.05, 0) is 18.7 Å². The van der Waals surface area contributed by atoms with Crippen LogP contribution in [0.4, 0.5) is 0 Å². The molecule has 0 radical (unpaired) electrons. The summed E-state index contributed by atoms with van der Waals surface area (Å²) in [5.74, 6) is 0.0676. The van der Waals surface area contributed by atoms with Gasteiger partial charge in [0.05, 0.1) is 0 Å². The summed E-state index contributed by atoms with van der Waals surface area (Å²) in [4.78, 5) is 13.8. The minimum atomic E-state index is -1.74. The number of hydrogen-bond donors (Lipinski definition) is 0. The van der Waals surface area contributed by atoms with Crippen LogP contribution in [0.2, 0.25) is 13.1 Å². The van der Waals surface area contributed by atoms with Crippen molar-refractivity contribution in [3.63, 3.8) is 0 Å². The molecule has 1 aliphatic rings. The van der Waals surface area contributed by atoms with Gasteiger partial charge in [-0.25, -0.2) is 0 Å². The molecule has 1 saturated heterocycles. The molecule has 0 saturated carbocycles. The van der Waals surface area contributed by atoms with Crippen molar-refractivity contribution in [2.24, 2.45) is 0 Å². The number of benzene rings is 1. The Morgan fingerprint density at radius 2 is 1.94 bits per heavy atom. The smallest absolute Gasteiger partial charge is 0.254 e. The van der Waals surface area contributed by atoms with Crippen molar-refractivity contribution in [1.82, 2.24) is 4.90 Å². The number of carbonyl (C=O) groups is 1. The molecule has 1 atom stereocenters. The third-order valence-corrected chi connectivity index (χ3v) is 4.87. The van der Waals surface area contributed by atoms with Crippen LogP contribution in [-0.2, 0) is 9.22 Å². The third-order valence-electron chi connectivity index (χ3n) is 2.76. The fraction of sp³-hybridized carbons (Fsp3) is 0.417. The monoisotopic (exact) mass is 235 g/mol. The van der Waals surface area contributed by atoms with Crippen LogP contribution in [0.3, 0.4) is 0 Å². The molecule has 0 bridgehead atoms. The highest BCUT2D eigenvalue weighted by atomic mass is 28.4. The SMILES string of the molecule is CN1C[Si](C)(C)OC(c2ccccc2)C1=O. The quantitative estimate of drug-likeness (QED) is 0.696. The molecule has 0 spiro atoms. The summed E-state index contributed by atoms with van der Waals surface area (Å²) >= 11 is 0. The lowest BCUT2D eigenvalue weighted by atomic mass is 10.1. The Hall–Kier alpha value is -1.13.